The average molecular weight is 307 g/mol. The summed E-state index contributed by atoms with van der Waals surface area (Å²) in [6.45, 7) is 6.58. The van der Waals surface area contributed by atoms with Gasteiger partial charge in [-0.3, -0.25) is 0 Å². The van der Waals surface area contributed by atoms with Crippen molar-refractivity contribution in [1.29, 1.82) is 0 Å². The lowest BCUT2D eigenvalue weighted by Gasteiger charge is -2.28. The maximum absolute atomic E-state index is 6.49. The van der Waals surface area contributed by atoms with Crippen LogP contribution >= 0.6 is 11.6 Å². The number of halogens is 1. The van der Waals surface area contributed by atoms with Gasteiger partial charge in [-0.2, -0.15) is 0 Å². The highest BCUT2D eigenvalue weighted by molar-refractivity contribution is 6.31. The molecule has 2 aliphatic carbocycles. The Kier molecular flexibility index (Phi) is 5.07. The molecule has 0 amide bonds. The molecule has 0 aromatic heterocycles. The smallest absolute Gasteiger partial charge is 0.0471 e. The number of hydrogen-bond donors (Lipinski definition) is 1. The first-order valence-electron chi connectivity index (χ1n) is 8.51. The Labute approximate surface area is 133 Å². The van der Waals surface area contributed by atoms with E-state index >= 15 is 0 Å². The molecule has 2 aliphatic rings. The van der Waals surface area contributed by atoms with Gasteiger partial charge in [-0.05, 0) is 62.6 Å². The molecule has 0 bridgehead atoms. The fraction of sp³-hybridized carbons (Fsp3) is 0.667. The van der Waals surface area contributed by atoms with Crippen LogP contribution in [0.25, 0.3) is 0 Å². The molecule has 2 saturated carbocycles. The van der Waals surface area contributed by atoms with Crippen molar-refractivity contribution in [2.24, 2.45) is 11.8 Å². The number of nitrogens with one attached hydrogen (secondary N) is 1. The average Bonchev–Trinajstić information content (AvgIpc) is 3.35. The third-order valence-corrected chi connectivity index (χ3v) is 4.87. The van der Waals surface area contributed by atoms with E-state index in [4.69, 9.17) is 11.6 Å². The van der Waals surface area contributed by atoms with Crippen LogP contribution in [0.5, 0.6) is 0 Å². The molecule has 1 N–H and O–H groups in total. The number of benzene rings is 1. The summed E-state index contributed by atoms with van der Waals surface area (Å²) in [5.74, 6) is 1.83. The minimum atomic E-state index is 0.884. The number of anilines is 1. The minimum Gasteiger partial charge on any atom is -0.371 e. The van der Waals surface area contributed by atoms with Gasteiger partial charge in [0, 0.05) is 35.9 Å². The van der Waals surface area contributed by atoms with Gasteiger partial charge in [-0.15, -0.1) is 0 Å². The second kappa shape index (κ2) is 7.02. The third-order valence-electron chi connectivity index (χ3n) is 4.51. The van der Waals surface area contributed by atoms with E-state index in [1.54, 1.807) is 0 Å². The summed E-state index contributed by atoms with van der Waals surface area (Å²) in [6.07, 6.45) is 6.79. The van der Waals surface area contributed by atoms with E-state index in [1.165, 1.54) is 50.0 Å². The largest absolute Gasteiger partial charge is 0.371 e. The first-order chi connectivity index (χ1) is 10.3. The summed E-state index contributed by atoms with van der Waals surface area (Å²) in [7, 11) is 0. The molecule has 1 aromatic rings. The number of nitrogens with zero attached hydrogens (tertiary/aromatic N) is 1. The van der Waals surface area contributed by atoms with Crippen molar-refractivity contribution >= 4 is 17.3 Å². The molecular weight excluding hydrogens is 280 g/mol. The van der Waals surface area contributed by atoms with Gasteiger partial charge in [-0.1, -0.05) is 24.6 Å². The van der Waals surface area contributed by atoms with E-state index in [0.29, 0.717) is 0 Å². The predicted octanol–water partition coefficient (Wildman–Crippen LogP) is 4.47. The fourth-order valence-corrected chi connectivity index (χ4v) is 3.14. The summed E-state index contributed by atoms with van der Waals surface area (Å²) in [6, 6.07) is 6.40. The molecule has 2 nitrogen and oxygen atoms in total. The van der Waals surface area contributed by atoms with Gasteiger partial charge in [0.1, 0.15) is 0 Å². The minimum absolute atomic E-state index is 0.884. The van der Waals surface area contributed by atoms with Gasteiger partial charge in [0.15, 0.2) is 0 Å². The van der Waals surface area contributed by atoms with E-state index in [9.17, 15) is 0 Å². The Morgan fingerprint density at radius 1 is 1.14 bits per heavy atom. The molecule has 0 saturated heterocycles. The second-order valence-electron chi connectivity index (χ2n) is 6.71. The maximum atomic E-state index is 6.49. The van der Waals surface area contributed by atoms with Crippen molar-refractivity contribution in [1.82, 2.24) is 5.32 Å². The van der Waals surface area contributed by atoms with E-state index in [2.05, 4.69) is 29.3 Å². The van der Waals surface area contributed by atoms with Crippen molar-refractivity contribution in [2.45, 2.75) is 45.6 Å². The molecule has 1 aromatic carbocycles. The lowest BCUT2D eigenvalue weighted by molar-refractivity contribution is 0.655. The van der Waals surface area contributed by atoms with E-state index in [0.717, 1.165) is 36.4 Å². The van der Waals surface area contributed by atoms with Crippen LogP contribution in [-0.4, -0.2) is 19.6 Å². The van der Waals surface area contributed by atoms with Crippen molar-refractivity contribution in [3.63, 3.8) is 0 Å². The summed E-state index contributed by atoms with van der Waals surface area (Å²) in [4.78, 5) is 2.62. The lowest BCUT2D eigenvalue weighted by atomic mass is 10.1. The molecule has 2 fully saturated rings. The van der Waals surface area contributed by atoms with E-state index in [1.807, 2.05) is 6.07 Å². The molecule has 0 unspecified atom stereocenters. The normalized spacial score (nSPS) is 18.0. The molecule has 0 aliphatic heterocycles. The highest BCUT2D eigenvalue weighted by Gasteiger charge is 2.30. The van der Waals surface area contributed by atoms with Crippen LogP contribution in [0.2, 0.25) is 5.02 Å². The quantitative estimate of drug-likeness (QED) is 0.677. The molecule has 116 valence electrons. The van der Waals surface area contributed by atoms with Gasteiger partial charge < -0.3 is 10.2 Å². The van der Waals surface area contributed by atoms with Gasteiger partial charge in [-0.25, -0.2) is 0 Å². The molecule has 0 spiro atoms. The standard InChI is InChI=1S/C18H27ClN2/c1-2-10-20-11-16-17(19)4-3-5-18(16)21(12-14-6-7-14)13-15-8-9-15/h3-5,14-15,20H,2,6-13H2,1H3. The lowest BCUT2D eigenvalue weighted by Crippen LogP contribution is -2.30. The Bertz CT molecular complexity index is 452. The number of hydrogen-bond acceptors (Lipinski definition) is 2. The third kappa shape index (κ3) is 4.37. The molecule has 0 heterocycles. The SMILES string of the molecule is CCCNCc1c(Cl)cccc1N(CC1CC1)CC1CC1. The van der Waals surface area contributed by atoms with Crippen LogP contribution in [0.15, 0.2) is 18.2 Å². The Morgan fingerprint density at radius 2 is 1.81 bits per heavy atom. The van der Waals surface area contributed by atoms with E-state index in [-0.39, 0.29) is 0 Å². The highest BCUT2D eigenvalue weighted by Crippen LogP contribution is 2.37. The predicted molar refractivity (Wildman–Crippen MR) is 91.1 cm³/mol. The molecule has 0 atom stereocenters. The molecular formula is C18H27ClN2. The summed E-state index contributed by atoms with van der Waals surface area (Å²) < 4.78 is 0. The monoisotopic (exact) mass is 306 g/mol. The topological polar surface area (TPSA) is 15.3 Å². The zero-order valence-electron chi connectivity index (χ0n) is 13.1. The maximum Gasteiger partial charge on any atom is 0.0471 e. The zero-order chi connectivity index (χ0) is 14.7. The van der Waals surface area contributed by atoms with Crippen molar-refractivity contribution in [2.75, 3.05) is 24.5 Å². The molecule has 21 heavy (non-hydrogen) atoms. The van der Waals surface area contributed by atoms with Gasteiger partial charge in [0.2, 0.25) is 0 Å². The van der Waals surface area contributed by atoms with E-state index < -0.39 is 0 Å². The summed E-state index contributed by atoms with van der Waals surface area (Å²) in [5.41, 5.74) is 2.65. The van der Waals surface area contributed by atoms with Gasteiger partial charge >= 0.3 is 0 Å². The van der Waals surface area contributed by atoms with Crippen molar-refractivity contribution in [3.8, 4) is 0 Å². The first-order valence-corrected chi connectivity index (χ1v) is 8.88. The Hall–Kier alpha value is -0.730. The fourth-order valence-electron chi connectivity index (χ4n) is 2.90. The Balaban J connectivity index is 1.76. The Morgan fingerprint density at radius 3 is 2.38 bits per heavy atom. The van der Waals surface area contributed by atoms with Crippen LogP contribution < -0.4 is 10.2 Å². The van der Waals surface area contributed by atoms with Crippen LogP contribution in [0.4, 0.5) is 5.69 Å². The van der Waals surface area contributed by atoms with Gasteiger partial charge in [0.05, 0.1) is 0 Å². The van der Waals surface area contributed by atoms with Crippen LogP contribution in [0.3, 0.4) is 0 Å². The highest BCUT2D eigenvalue weighted by atomic mass is 35.5. The van der Waals surface area contributed by atoms with Crippen molar-refractivity contribution in [3.05, 3.63) is 28.8 Å². The summed E-state index contributed by atoms with van der Waals surface area (Å²) in [5, 5.41) is 4.42. The van der Waals surface area contributed by atoms with Crippen molar-refractivity contribution < 1.29 is 0 Å². The summed E-state index contributed by atoms with van der Waals surface area (Å²) >= 11 is 6.49. The first kappa shape index (κ1) is 15.2. The molecule has 3 rings (SSSR count). The zero-order valence-corrected chi connectivity index (χ0v) is 13.8. The van der Waals surface area contributed by atoms with Crippen LogP contribution in [0.1, 0.15) is 44.6 Å². The van der Waals surface area contributed by atoms with Crippen LogP contribution in [-0.2, 0) is 6.54 Å². The number of rotatable bonds is 9. The van der Waals surface area contributed by atoms with Gasteiger partial charge in [0.25, 0.3) is 0 Å². The second-order valence-corrected chi connectivity index (χ2v) is 7.11. The molecule has 3 heteroatoms. The molecule has 0 radical (unpaired) electrons. The van der Waals surface area contributed by atoms with Crippen LogP contribution in [0, 0.1) is 11.8 Å².